The fraction of sp³-hybridized carbons (Fsp3) is 0.0667. The number of hydrogen-bond acceptors (Lipinski definition) is 5. The average Bonchev–Trinajstić information content (AvgIpc) is 2.98. The molecule has 0 aliphatic carbocycles. The van der Waals surface area contributed by atoms with Gasteiger partial charge in [-0.2, -0.15) is 0 Å². The van der Waals surface area contributed by atoms with Gasteiger partial charge in [-0.05, 0) is 36.4 Å². The summed E-state index contributed by atoms with van der Waals surface area (Å²) in [6.07, 6.45) is 0. The molecule has 0 atom stereocenters. The molecule has 0 radical (unpaired) electrons. The van der Waals surface area contributed by atoms with E-state index in [9.17, 15) is 8.42 Å². The molecule has 9 heteroatoms. The minimum Gasteiger partial charge on any atom is -0.283 e. The highest BCUT2D eigenvalue weighted by Crippen LogP contribution is 2.26. The van der Waals surface area contributed by atoms with Gasteiger partial charge in [0.1, 0.15) is 15.8 Å². The van der Waals surface area contributed by atoms with Gasteiger partial charge in [0.25, 0.3) is 0 Å². The fourth-order valence-corrected chi connectivity index (χ4v) is 4.46. The molecule has 0 saturated heterocycles. The molecular weight excluding hydrogens is 389 g/mol. The lowest BCUT2D eigenvalue weighted by Gasteiger charge is -2.06. The zero-order valence-electron chi connectivity index (χ0n) is 12.1. The summed E-state index contributed by atoms with van der Waals surface area (Å²) in [4.78, 5) is 0. The molecule has 0 amide bonds. The first kappa shape index (κ1) is 17.2. The maximum atomic E-state index is 12.2. The Bertz CT molecular complexity index is 940. The zero-order chi connectivity index (χ0) is 17.2. The lowest BCUT2D eigenvalue weighted by Crippen LogP contribution is -2.14. The molecule has 124 valence electrons. The summed E-state index contributed by atoms with van der Waals surface area (Å²) in [7, 11) is -3.58. The molecule has 1 aromatic heterocycles. The Hall–Kier alpha value is -1.67. The van der Waals surface area contributed by atoms with Gasteiger partial charge in [0.15, 0.2) is 0 Å². The van der Waals surface area contributed by atoms with Crippen LogP contribution in [0.5, 0.6) is 0 Å². The van der Waals surface area contributed by atoms with E-state index in [1.807, 2.05) is 12.1 Å². The molecule has 3 aromatic rings. The predicted octanol–water partition coefficient (Wildman–Crippen LogP) is 4.45. The topological polar surface area (TPSA) is 72.0 Å². The van der Waals surface area contributed by atoms with Crippen molar-refractivity contribution in [1.29, 1.82) is 0 Å². The predicted molar refractivity (Wildman–Crippen MR) is 98.1 cm³/mol. The molecule has 24 heavy (non-hydrogen) atoms. The number of nitrogens with one attached hydrogen (secondary N) is 1. The first-order chi connectivity index (χ1) is 11.4. The first-order valence-corrected chi connectivity index (χ1v) is 9.98. The third kappa shape index (κ3) is 4.45. The molecular formula is C15H11Cl2N3O2S2. The summed E-state index contributed by atoms with van der Waals surface area (Å²) >= 11 is 12.9. The van der Waals surface area contributed by atoms with E-state index in [0.29, 0.717) is 25.7 Å². The van der Waals surface area contributed by atoms with Crippen molar-refractivity contribution in [3.63, 3.8) is 0 Å². The Balaban J connectivity index is 1.73. The second-order valence-corrected chi connectivity index (χ2v) is 8.53. The van der Waals surface area contributed by atoms with Gasteiger partial charge < -0.3 is 0 Å². The maximum Gasteiger partial charge on any atom is 0.239 e. The van der Waals surface area contributed by atoms with Crippen LogP contribution in [-0.2, 0) is 15.8 Å². The van der Waals surface area contributed by atoms with E-state index >= 15 is 0 Å². The van der Waals surface area contributed by atoms with Gasteiger partial charge in [0.05, 0.1) is 0 Å². The second-order valence-electron chi connectivity index (χ2n) is 4.88. The molecule has 0 bridgehead atoms. The molecule has 3 rings (SSSR count). The Morgan fingerprint density at radius 3 is 2.12 bits per heavy atom. The summed E-state index contributed by atoms with van der Waals surface area (Å²) in [6, 6.07) is 13.5. The highest BCUT2D eigenvalue weighted by molar-refractivity contribution is 7.92. The van der Waals surface area contributed by atoms with Crippen LogP contribution >= 0.6 is 34.5 Å². The van der Waals surface area contributed by atoms with Crippen LogP contribution in [0.15, 0.2) is 48.5 Å². The molecule has 0 unspecified atom stereocenters. The first-order valence-electron chi connectivity index (χ1n) is 6.76. The van der Waals surface area contributed by atoms with Crippen molar-refractivity contribution in [2.24, 2.45) is 0 Å². The van der Waals surface area contributed by atoms with Gasteiger partial charge in [-0.3, -0.25) is 4.72 Å². The number of anilines is 1. The van der Waals surface area contributed by atoms with E-state index in [1.54, 1.807) is 36.4 Å². The molecule has 0 aliphatic heterocycles. The average molecular weight is 400 g/mol. The third-order valence-electron chi connectivity index (χ3n) is 2.99. The van der Waals surface area contributed by atoms with E-state index in [1.165, 1.54) is 11.3 Å². The summed E-state index contributed by atoms with van der Waals surface area (Å²) in [6.45, 7) is 0. The van der Waals surface area contributed by atoms with E-state index in [0.717, 1.165) is 5.56 Å². The monoisotopic (exact) mass is 399 g/mol. The number of rotatable bonds is 5. The SMILES string of the molecule is O=S(=O)(Cc1nnc(-c2ccc(Cl)cc2)s1)Nc1ccc(Cl)cc1. The molecule has 0 aliphatic rings. The van der Waals surface area contributed by atoms with E-state index in [2.05, 4.69) is 14.9 Å². The zero-order valence-corrected chi connectivity index (χ0v) is 15.3. The van der Waals surface area contributed by atoms with Crippen molar-refractivity contribution in [2.45, 2.75) is 5.75 Å². The molecule has 1 N–H and O–H groups in total. The van der Waals surface area contributed by atoms with Gasteiger partial charge in [0, 0.05) is 21.3 Å². The molecule has 0 saturated carbocycles. The van der Waals surface area contributed by atoms with Crippen LogP contribution < -0.4 is 4.72 Å². The smallest absolute Gasteiger partial charge is 0.239 e. The highest BCUT2D eigenvalue weighted by atomic mass is 35.5. The van der Waals surface area contributed by atoms with Gasteiger partial charge in [-0.25, -0.2) is 8.42 Å². The largest absolute Gasteiger partial charge is 0.283 e. The van der Waals surface area contributed by atoms with Crippen molar-refractivity contribution >= 4 is 50.2 Å². The Morgan fingerprint density at radius 2 is 1.50 bits per heavy atom. The van der Waals surface area contributed by atoms with Crippen molar-refractivity contribution in [3.8, 4) is 10.6 Å². The number of halogens is 2. The van der Waals surface area contributed by atoms with Crippen LogP contribution in [-0.4, -0.2) is 18.6 Å². The summed E-state index contributed by atoms with van der Waals surface area (Å²) < 4.78 is 26.9. The molecule has 5 nitrogen and oxygen atoms in total. The van der Waals surface area contributed by atoms with Crippen LogP contribution in [0.4, 0.5) is 5.69 Å². The lowest BCUT2D eigenvalue weighted by atomic mass is 10.2. The number of sulfonamides is 1. The third-order valence-corrected chi connectivity index (χ3v) is 5.85. The Labute approximate surface area is 153 Å². The van der Waals surface area contributed by atoms with E-state index in [-0.39, 0.29) is 5.75 Å². The van der Waals surface area contributed by atoms with E-state index < -0.39 is 10.0 Å². The van der Waals surface area contributed by atoms with Gasteiger partial charge in [-0.1, -0.05) is 46.7 Å². The van der Waals surface area contributed by atoms with Crippen LogP contribution in [0.1, 0.15) is 5.01 Å². The standard InChI is InChI=1S/C15H11Cl2N3O2S2/c16-11-3-1-10(2-4-11)15-19-18-14(23-15)9-24(21,22)20-13-7-5-12(17)6-8-13/h1-8,20H,9H2. The van der Waals surface area contributed by atoms with Crippen molar-refractivity contribution < 1.29 is 8.42 Å². The summed E-state index contributed by atoms with van der Waals surface area (Å²) in [5.41, 5.74) is 1.29. The van der Waals surface area contributed by atoms with Crippen LogP contribution in [0.3, 0.4) is 0 Å². The Kier molecular flexibility index (Phi) is 5.05. The van der Waals surface area contributed by atoms with Crippen molar-refractivity contribution in [2.75, 3.05) is 4.72 Å². The second kappa shape index (κ2) is 7.06. The van der Waals surface area contributed by atoms with E-state index in [4.69, 9.17) is 23.2 Å². The minimum absolute atomic E-state index is 0.249. The van der Waals surface area contributed by atoms with Gasteiger partial charge in [-0.15, -0.1) is 10.2 Å². The number of benzene rings is 2. The summed E-state index contributed by atoms with van der Waals surface area (Å²) in [5.74, 6) is -0.249. The van der Waals surface area contributed by atoms with Crippen LogP contribution in [0, 0.1) is 0 Å². The van der Waals surface area contributed by atoms with Crippen molar-refractivity contribution in [1.82, 2.24) is 10.2 Å². The number of aromatic nitrogens is 2. The van der Waals surface area contributed by atoms with Gasteiger partial charge >= 0.3 is 0 Å². The molecule has 2 aromatic carbocycles. The van der Waals surface area contributed by atoms with Crippen LogP contribution in [0.2, 0.25) is 10.0 Å². The normalized spacial score (nSPS) is 11.4. The fourth-order valence-electron chi connectivity index (χ4n) is 1.92. The summed E-state index contributed by atoms with van der Waals surface area (Å²) in [5, 5.41) is 10.2. The molecule has 1 heterocycles. The highest BCUT2D eigenvalue weighted by Gasteiger charge is 2.16. The quantitative estimate of drug-likeness (QED) is 0.687. The minimum atomic E-state index is -3.58. The lowest BCUT2D eigenvalue weighted by molar-refractivity contribution is 0.600. The van der Waals surface area contributed by atoms with Gasteiger partial charge in [0.2, 0.25) is 10.0 Å². The number of nitrogens with zero attached hydrogens (tertiary/aromatic N) is 2. The molecule has 0 fully saturated rings. The molecule has 0 spiro atoms. The Morgan fingerprint density at radius 1 is 0.917 bits per heavy atom. The number of hydrogen-bond donors (Lipinski definition) is 1. The van der Waals surface area contributed by atoms with Crippen molar-refractivity contribution in [3.05, 3.63) is 63.6 Å². The van der Waals surface area contributed by atoms with Crippen LogP contribution in [0.25, 0.3) is 10.6 Å². The maximum absolute atomic E-state index is 12.2.